The summed E-state index contributed by atoms with van der Waals surface area (Å²) in [5.74, 6) is -0.137. The number of carbonyl (C=O) groups excluding carboxylic acids is 1. The predicted molar refractivity (Wildman–Crippen MR) is 88.7 cm³/mol. The average molecular weight is 347 g/mol. The van der Waals surface area contributed by atoms with E-state index in [0.29, 0.717) is 22.6 Å². The maximum absolute atomic E-state index is 13.0. The van der Waals surface area contributed by atoms with Crippen molar-refractivity contribution in [3.05, 3.63) is 71.3 Å². The van der Waals surface area contributed by atoms with Crippen LogP contribution in [0.1, 0.15) is 22.6 Å². The molecule has 1 aliphatic heterocycles. The Hall–Kier alpha value is -2.76. The quantitative estimate of drug-likeness (QED) is 0.810. The van der Waals surface area contributed by atoms with Gasteiger partial charge in [0.2, 0.25) is 0 Å². The number of ether oxygens (including phenoxy) is 1. The minimum Gasteiger partial charge on any atom is -0.497 e. The van der Waals surface area contributed by atoms with Crippen LogP contribution in [0.3, 0.4) is 0 Å². The molecule has 0 radical (unpaired) electrons. The normalized spacial score (nSPS) is 17.5. The third kappa shape index (κ3) is 3.38. The van der Waals surface area contributed by atoms with Gasteiger partial charge in [0.1, 0.15) is 5.75 Å². The number of benzene rings is 2. The van der Waals surface area contributed by atoms with E-state index in [-0.39, 0.29) is 12.3 Å². The number of fused-ring (bicyclic) bond motifs is 1. The fraction of sp³-hybridized carbons (Fsp3) is 0.211. The van der Waals surface area contributed by atoms with Gasteiger partial charge in [0.05, 0.1) is 12.7 Å². The summed E-state index contributed by atoms with van der Waals surface area (Å²) >= 11 is 0. The lowest BCUT2D eigenvalue weighted by atomic mass is 9.86. The molecule has 0 spiro atoms. The summed E-state index contributed by atoms with van der Waals surface area (Å²) in [7, 11) is 1.54. The van der Waals surface area contributed by atoms with Crippen molar-refractivity contribution in [3.8, 4) is 5.75 Å². The fourth-order valence-corrected chi connectivity index (χ4v) is 2.92. The maximum Gasteiger partial charge on any atom is 0.416 e. The number of nitrogens with one attached hydrogen (secondary N) is 1. The summed E-state index contributed by atoms with van der Waals surface area (Å²) in [6.45, 7) is 3.84. The molecule has 130 valence electrons. The summed E-state index contributed by atoms with van der Waals surface area (Å²) < 4.78 is 44.1. The van der Waals surface area contributed by atoms with Gasteiger partial charge >= 0.3 is 6.18 Å². The molecule has 1 unspecified atom stereocenters. The zero-order valence-corrected chi connectivity index (χ0v) is 13.5. The summed E-state index contributed by atoms with van der Waals surface area (Å²) in [5.41, 5.74) is 1.19. The molecule has 0 bridgehead atoms. The van der Waals surface area contributed by atoms with Crippen molar-refractivity contribution in [2.24, 2.45) is 0 Å². The minimum atomic E-state index is -4.43. The molecule has 0 aromatic heterocycles. The van der Waals surface area contributed by atoms with E-state index in [1.807, 2.05) is 0 Å². The number of anilines is 1. The summed E-state index contributed by atoms with van der Waals surface area (Å²) in [6.07, 6.45) is -4.18. The first kappa shape index (κ1) is 17.1. The fourth-order valence-electron chi connectivity index (χ4n) is 2.92. The molecule has 1 aliphatic rings. The van der Waals surface area contributed by atoms with Crippen LogP contribution in [0.5, 0.6) is 5.75 Å². The van der Waals surface area contributed by atoms with Gasteiger partial charge in [-0.3, -0.25) is 4.79 Å². The highest BCUT2D eigenvalue weighted by Gasteiger charge is 2.33. The van der Waals surface area contributed by atoms with Gasteiger partial charge in [-0.05, 0) is 47.9 Å². The van der Waals surface area contributed by atoms with E-state index >= 15 is 0 Å². The molecule has 0 aliphatic carbocycles. The molecule has 25 heavy (non-hydrogen) atoms. The number of alkyl halides is 3. The first-order valence-electron chi connectivity index (χ1n) is 7.64. The minimum absolute atomic E-state index is 0.253. The number of carbonyl (C=O) groups is 1. The van der Waals surface area contributed by atoms with Gasteiger partial charge in [0.25, 0.3) is 5.91 Å². The van der Waals surface area contributed by atoms with Crippen molar-refractivity contribution in [2.45, 2.75) is 18.5 Å². The number of hydrogen-bond donors (Lipinski definition) is 1. The zero-order chi connectivity index (χ0) is 18.2. The van der Waals surface area contributed by atoms with Crippen LogP contribution in [-0.2, 0) is 17.4 Å². The molecule has 1 heterocycles. The molecule has 0 saturated carbocycles. The smallest absolute Gasteiger partial charge is 0.416 e. The lowest BCUT2D eigenvalue weighted by molar-refractivity contribution is -0.137. The third-order valence-electron chi connectivity index (χ3n) is 4.34. The van der Waals surface area contributed by atoms with Gasteiger partial charge in [-0.2, -0.15) is 13.2 Å². The van der Waals surface area contributed by atoms with E-state index in [4.69, 9.17) is 4.74 Å². The SMILES string of the molecule is C=C1C(=O)Nc2ccc(C(F)(F)F)cc2CC1c1ccc(OC)cc1. The Morgan fingerprint density at radius 1 is 1.16 bits per heavy atom. The monoisotopic (exact) mass is 347 g/mol. The Balaban J connectivity index is 2.03. The second-order valence-corrected chi connectivity index (χ2v) is 5.88. The predicted octanol–water partition coefficient (Wildman–Crippen LogP) is 4.55. The van der Waals surface area contributed by atoms with Gasteiger partial charge in [-0.25, -0.2) is 0 Å². The molecular formula is C19H16F3NO2. The van der Waals surface area contributed by atoms with Gasteiger partial charge in [0, 0.05) is 17.2 Å². The molecule has 2 aromatic rings. The summed E-state index contributed by atoms with van der Waals surface area (Å²) in [6, 6.07) is 10.4. The van der Waals surface area contributed by atoms with Crippen LogP contribution in [0.2, 0.25) is 0 Å². The molecule has 0 saturated heterocycles. The van der Waals surface area contributed by atoms with E-state index in [2.05, 4.69) is 11.9 Å². The second-order valence-electron chi connectivity index (χ2n) is 5.88. The molecular weight excluding hydrogens is 331 g/mol. The first-order chi connectivity index (χ1) is 11.8. The number of amides is 1. The van der Waals surface area contributed by atoms with E-state index in [9.17, 15) is 18.0 Å². The lowest BCUT2D eigenvalue weighted by Gasteiger charge is -2.17. The van der Waals surface area contributed by atoms with Crippen molar-refractivity contribution in [1.82, 2.24) is 0 Å². The molecule has 0 fully saturated rings. The van der Waals surface area contributed by atoms with Crippen molar-refractivity contribution in [3.63, 3.8) is 0 Å². The highest BCUT2D eigenvalue weighted by atomic mass is 19.4. The molecule has 3 nitrogen and oxygen atoms in total. The summed E-state index contributed by atoms with van der Waals surface area (Å²) in [5, 5.41) is 2.64. The number of methoxy groups -OCH3 is 1. The highest BCUT2D eigenvalue weighted by Crippen LogP contribution is 2.38. The Kier molecular flexibility index (Phi) is 4.29. The topological polar surface area (TPSA) is 38.3 Å². The zero-order valence-electron chi connectivity index (χ0n) is 13.5. The van der Waals surface area contributed by atoms with Crippen LogP contribution in [0.25, 0.3) is 0 Å². The van der Waals surface area contributed by atoms with Crippen molar-refractivity contribution in [1.29, 1.82) is 0 Å². The van der Waals surface area contributed by atoms with Crippen molar-refractivity contribution in [2.75, 3.05) is 12.4 Å². The molecule has 1 N–H and O–H groups in total. The van der Waals surface area contributed by atoms with E-state index < -0.39 is 17.7 Å². The van der Waals surface area contributed by atoms with Crippen LogP contribution in [0.15, 0.2) is 54.6 Å². The second kappa shape index (κ2) is 6.27. The van der Waals surface area contributed by atoms with E-state index in [1.54, 1.807) is 31.4 Å². The van der Waals surface area contributed by atoms with Crippen molar-refractivity contribution < 1.29 is 22.7 Å². The lowest BCUT2D eigenvalue weighted by Crippen LogP contribution is -2.16. The average Bonchev–Trinajstić information content (AvgIpc) is 2.71. The van der Waals surface area contributed by atoms with E-state index in [0.717, 1.165) is 17.7 Å². The Labute approximate surface area is 143 Å². The van der Waals surface area contributed by atoms with Crippen LogP contribution in [0.4, 0.5) is 18.9 Å². The molecule has 1 amide bonds. The molecule has 2 aromatic carbocycles. The molecule has 1 atom stereocenters. The number of halogens is 3. The summed E-state index contributed by atoms with van der Waals surface area (Å²) in [4.78, 5) is 12.3. The van der Waals surface area contributed by atoms with Gasteiger partial charge in [0.15, 0.2) is 0 Å². The van der Waals surface area contributed by atoms with Gasteiger partial charge in [-0.1, -0.05) is 18.7 Å². The maximum atomic E-state index is 13.0. The van der Waals surface area contributed by atoms with Crippen LogP contribution >= 0.6 is 0 Å². The highest BCUT2D eigenvalue weighted by molar-refractivity contribution is 6.05. The standard InChI is InChI=1S/C19H16F3NO2/c1-11-16(12-3-6-15(25-2)7-4-12)10-13-9-14(19(20,21)22)5-8-17(13)23-18(11)24/h3-9,16H,1,10H2,2H3,(H,23,24). The number of rotatable bonds is 2. The Bertz CT molecular complexity index is 826. The first-order valence-corrected chi connectivity index (χ1v) is 7.64. The number of hydrogen-bond acceptors (Lipinski definition) is 2. The van der Waals surface area contributed by atoms with E-state index in [1.165, 1.54) is 6.07 Å². The largest absolute Gasteiger partial charge is 0.497 e. The van der Waals surface area contributed by atoms with Crippen LogP contribution < -0.4 is 10.1 Å². The molecule has 3 rings (SSSR count). The van der Waals surface area contributed by atoms with Gasteiger partial charge in [-0.15, -0.1) is 0 Å². The van der Waals surface area contributed by atoms with Crippen LogP contribution in [-0.4, -0.2) is 13.0 Å². The Morgan fingerprint density at radius 2 is 1.84 bits per heavy atom. The Morgan fingerprint density at radius 3 is 2.44 bits per heavy atom. The van der Waals surface area contributed by atoms with Gasteiger partial charge < -0.3 is 10.1 Å². The third-order valence-corrected chi connectivity index (χ3v) is 4.34. The molecule has 6 heteroatoms. The van der Waals surface area contributed by atoms with Crippen LogP contribution in [0, 0.1) is 0 Å². The van der Waals surface area contributed by atoms with Crippen molar-refractivity contribution >= 4 is 11.6 Å².